The summed E-state index contributed by atoms with van der Waals surface area (Å²) in [5, 5.41) is 12.4. The van der Waals surface area contributed by atoms with Gasteiger partial charge >= 0.3 is 5.97 Å². The van der Waals surface area contributed by atoms with Gasteiger partial charge in [0.05, 0.1) is 5.52 Å². The smallest absolute Gasteiger partial charge is 0.330 e. The molecule has 5 nitrogen and oxygen atoms in total. The maximum Gasteiger partial charge on any atom is 0.330 e. The number of hydrogen-bond donors (Lipinski definition) is 2. The Morgan fingerprint density at radius 3 is 2.67 bits per heavy atom. The van der Waals surface area contributed by atoms with Crippen molar-refractivity contribution in [1.29, 1.82) is 0 Å². The molecule has 0 saturated heterocycles. The number of carboxylic acids is 1. The van der Waals surface area contributed by atoms with Gasteiger partial charge in [-0.15, -0.1) is 0 Å². The average molecular weight is 244 g/mol. The molecule has 2 N–H and O–H groups in total. The van der Waals surface area contributed by atoms with E-state index in [2.05, 4.69) is 10.3 Å². The summed E-state index contributed by atoms with van der Waals surface area (Å²) in [6.07, 6.45) is 1.60. The Labute approximate surface area is 103 Å². The van der Waals surface area contributed by atoms with E-state index >= 15 is 0 Å². The summed E-state index contributed by atoms with van der Waals surface area (Å²) in [5.41, 5.74) is 1.07. The number of carbonyl (C=O) groups excluding carboxylic acids is 1. The first-order chi connectivity index (χ1) is 8.59. The molecule has 0 fully saturated rings. The summed E-state index contributed by atoms with van der Waals surface area (Å²) >= 11 is 0. The molecule has 18 heavy (non-hydrogen) atoms. The highest BCUT2D eigenvalue weighted by Gasteiger charge is 2.22. The number of rotatable bonds is 3. The number of nitrogens with one attached hydrogen (secondary N) is 1. The van der Waals surface area contributed by atoms with Crippen molar-refractivity contribution in [3.63, 3.8) is 0 Å². The van der Waals surface area contributed by atoms with Crippen LogP contribution in [0.1, 0.15) is 18.5 Å². The van der Waals surface area contributed by atoms with E-state index in [1.807, 2.05) is 12.1 Å². The molecule has 1 aromatic heterocycles. The molecular weight excluding hydrogens is 232 g/mol. The number of amides is 1. The van der Waals surface area contributed by atoms with Crippen molar-refractivity contribution < 1.29 is 14.7 Å². The lowest BCUT2D eigenvalue weighted by Gasteiger charge is -2.15. The van der Waals surface area contributed by atoms with E-state index in [1.54, 1.807) is 24.4 Å². The first kappa shape index (κ1) is 12.0. The third-order valence-electron chi connectivity index (χ3n) is 2.57. The maximum absolute atomic E-state index is 11.2. The second-order valence-electron chi connectivity index (χ2n) is 3.89. The van der Waals surface area contributed by atoms with Crippen molar-refractivity contribution in [2.75, 3.05) is 0 Å². The van der Waals surface area contributed by atoms with Crippen LogP contribution in [0.2, 0.25) is 0 Å². The molecule has 1 unspecified atom stereocenters. The standard InChI is InChI=1S/C13H12N2O3/c1-8(16)15-12(13(17)18)10-6-2-4-9-5-3-7-14-11(9)10/h2-7,12H,1H3,(H,15,16)(H,17,18). The predicted octanol–water partition coefficient (Wildman–Crippen LogP) is 1.50. The van der Waals surface area contributed by atoms with Crippen molar-refractivity contribution in [3.8, 4) is 0 Å². The number of aliphatic carboxylic acids is 1. The highest BCUT2D eigenvalue weighted by molar-refractivity contribution is 5.90. The van der Waals surface area contributed by atoms with Crippen molar-refractivity contribution >= 4 is 22.8 Å². The third kappa shape index (κ3) is 2.29. The number of benzene rings is 1. The van der Waals surface area contributed by atoms with Gasteiger partial charge in [-0.3, -0.25) is 9.78 Å². The van der Waals surface area contributed by atoms with Crippen LogP contribution in [0.5, 0.6) is 0 Å². The van der Waals surface area contributed by atoms with Crippen LogP contribution >= 0.6 is 0 Å². The fourth-order valence-corrected chi connectivity index (χ4v) is 1.84. The van der Waals surface area contributed by atoms with Crippen LogP contribution < -0.4 is 5.32 Å². The van der Waals surface area contributed by atoms with Crippen molar-refractivity contribution in [2.24, 2.45) is 0 Å². The van der Waals surface area contributed by atoms with Gasteiger partial charge in [0.15, 0.2) is 6.04 Å². The molecule has 1 atom stereocenters. The second-order valence-corrected chi connectivity index (χ2v) is 3.89. The molecular formula is C13H12N2O3. The van der Waals surface area contributed by atoms with Gasteiger partial charge in [0, 0.05) is 24.1 Å². The molecule has 0 aliphatic carbocycles. The van der Waals surface area contributed by atoms with Crippen molar-refractivity contribution in [3.05, 3.63) is 42.1 Å². The molecule has 0 bridgehead atoms. The molecule has 0 aliphatic rings. The van der Waals surface area contributed by atoms with E-state index in [-0.39, 0.29) is 0 Å². The maximum atomic E-state index is 11.2. The Morgan fingerprint density at radius 2 is 2.00 bits per heavy atom. The van der Waals surface area contributed by atoms with Gasteiger partial charge in [0.1, 0.15) is 0 Å². The van der Waals surface area contributed by atoms with E-state index in [9.17, 15) is 14.7 Å². The summed E-state index contributed by atoms with van der Waals surface area (Å²) in [5.74, 6) is -1.50. The molecule has 1 amide bonds. The average Bonchev–Trinajstić information content (AvgIpc) is 2.35. The van der Waals surface area contributed by atoms with E-state index in [1.165, 1.54) is 6.92 Å². The lowest BCUT2D eigenvalue weighted by molar-refractivity contribution is -0.141. The van der Waals surface area contributed by atoms with Crippen LogP contribution in [-0.4, -0.2) is 22.0 Å². The Balaban J connectivity index is 2.57. The summed E-state index contributed by atoms with van der Waals surface area (Å²) in [7, 11) is 0. The molecule has 5 heteroatoms. The van der Waals surface area contributed by atoms with Gasteiger partial charge in [0.25, 0.3) is 0 Å². The molecule has 2 aromatic rings. The Bertz CT molecular complexity index is 605. The number of aromatic nitrogens is 1. The minimum absolute atomic E-state index is 0.393. The van der Waals surface area contributed by atoms with Gasteiger partial charge in [-0.2, -0.15) is 0 Å². The zero-order valence-electron chi connectivity index (χ0n) is 9.75. The zero-order valence-corrected chi connectivity index (χ0v) is 9.75. The molecule has 0 saturated carbocycles. The summed E-state index contributed by atoms with van der Waals surface area (Å²) in [6.45, 7) is 1.29. The van der Waals surface area contributed by atoms with Gasteiger partial charge in [-0.1, -0.05) is 24.3 Å². The zero-order chi connectivity index (χ0) is 13.1. The topological polar surface area (TPSA) is 79.3 Å². The number of nitrogens with zero attached hydrogens (tertiary/aromatic N) is 1. The Kier molecular flexibility index (Phi) is 3.23. The number of carbonyl (C=O) groups is 2. The van der Waals surface area contributed by atoms with E-state index < -0.39 is 17.9 Å². The summed E-state index contributed by atoms with van der Waals surface area (Å²) in [6, 6.07) is 7.79. The van der Waals surface area contributed by atoms with Gasteiger partial charge in [0.2, 0.25) is 5.91 Å². The SMILES string of the molecule is CC(=O)NC(C(=O)O)c1cccc2cccnc12. The van der Waals surface area contributed by atoms with Crippen molar-refractivity contribution in [1.82, 2.24) is 10.3 Å². The number of para-hydroxylation sites is 1. The summed E-state index contributed by atoms with van der Waals surface area (Å²) < 4.78 is 0. The third-order valence-corrected chi connectivity index (χ3v) is 2.57. The number of fused-ring (bicyclic) bond motifs is 1. The van der Waals surface area contributed by atoms with Crippen LogP contribution in [0, 0.1) is 0 Å². The van der Waals surface area contributed by atoms with Crippen LogP contribution in [0.4, 0.5) is 0 Å². The van der Waals surface area contributed by atoms with Crippen LogP contribution in [0.15, 0.2) is 36.5 Å². The summed E-state index contributed by atoms with van der Waals surface area (Å²) in [4.78, 5) is 26.5. The predicted molar refractivity (Wildman–Crippen MR) is 65.9 cm³/mol. The van der Waals surface area contributed by atoms with Crippen molar-refractivity contribution in [2.45, 2.75) is 13.0 Å². The van der Waals surface area contributed by atoms with E-state index in [4.69, 9.17) is 0 Å². The highest BCUT2D eigenvalue weighted by Crippen LogP contribution is 2.22. The number of carboxylic acid groups (broad SMARTS) is 1. The van der Waals surface area contributed by atoms with Crippen LogP contribution in [-0.2, 0) is 9.59 Å². The number of pyridine rings is 1. The van der Waals surface area contributed by atoms with E-state index in [0.29, 0.717) is 11.1 Å². The largest absolute Gasteiger partial charge is 0.479 e. The quantitative estimate of drug-likeness (QED) is 0.857. The lowest BCUT2D eigenvalue weighted by atomic mass is 10.0. The molecule has 92 valence electrons. The molecule has 0 aliphatic heterocycles. The minimum Gasteiger partial charge on any atom is -0.479 e. The first-order valence-corrected chi connectivity index (χ1v) is 5.43. The normalized spacial score (nSPS) is 12.1. The molecule has 0 spiro atoms. The fraction of sp³-hybridized carbons (Fsp3) is 0.154. The minimum atomic E-state index is -1.11. The van der Waals surface area contributed by atoms with E-state index in [0.717, 1.165) is 5.39 Å². The molecule has 0 radical (unpaired) electrons. The molecule has 2 rings (SSSR count). The first-order valence-electron chi connectivity index (χ1n) is 5.43. The highest BCUT2D eigenvalue weighted by atomic mass is 16.4. The molecule has 1 aromatic carbocycles. The van der Waals surface area contributed by atoms with Crippen LogP contribution in [0.25, 0.3) is 10.9 Å². The van der Waals surface area contributed by atoms with Gasteiger partial charge < -0.3 is 10.4 Å². The van der Waals surface area contributed by atoms with Crippen LogP contribution in [0.3, 0.4) is 0 Å². The fourth-order valence-electron chi connectivity index (χ4n) is 1.84. The van der Waals surface area contributed by atoms with Gasteiger partial charge in [-0.05, 0) is 6.07 Å². The second kappa shape index (κ2) is 4.83. The van der Waals surface area contributed by atoms with Gasteiger partial charge in [-0.25, -0.2) is 4.79 Å². The Hall–Kier alpha value is -2.43. The monoisotopic (exact) mass is 244 g/mol. The lowest BCUT2D eigenvalue weighted by Crippen LogP contribution is -2.32. The Morgan fingerprint density at radius 1 is 1.28 bits per heavy atom. The molecule has 1 heterocycles. The number of hydrogen-bond acceptors (Lipinski definition) is 3.